The summed E-state index contributed by atoms with van der Waals surface area (Å²) in [5, 5.41) is 0. The fourth-order valence-electron chi connectivity index (χ4n) is 2.61. The Hall–Kier alpha value is -1.39. The van der Waals surface area contributed by atoms with Gasteiger partial charge in [-0.2, -0.15) is 0 Å². The number of benzene rings is 1. The van der Waals surface area contributed by atoms with Gasteiger partial charge in [-0.15, -0.1) is 0 Å². The van der Waals surface area contributed by atoms with Crippen LogP contribution in [0.4, 0.5) is 0 Å². The molecule has 1 aromatic carbocycles. The maximum absolute atomic E-state index is 11.6. The lowest BCUT2D eigenvalue weighted by atomic mass is 10.00. The molecule has 0 amide bonds. The van der Waals surface area contributed by atoms with Gasteiger partial charge in [0, 0.05) is 29.8 Å². The first-order valence-electron chi connectivity index (χ1n) is 7.53. The van der Waals surface area contributed by atoms with Crippen LogP contribution in [0.5, 0.6) is 5.75 Å². The molecule has 21 heavy (non-hydrogen) atoms. The Morgan fingerprint density at radius 1 is 1.43 bits per heavy atom. The number of morpholine rings is 1. The molecule has 0 aromatic heterocycles. The van der Waals surface area contributed by atoms with E-state index in [9.17, 15) is 4.79 Å². The third-order valence-corrected chi connectivity index (χ3v) is 3.94. The number of rotatable bonds is 5. The topological polar surface area (TPSA) is 38.8 Å². The molecule has 1 aliphatic rings. The van der Waals surface area contributed by atoms with Crippen molar-refractivity contribution in [3.63, 3.8) is 0 Å². The standard InChI is InChI=1S/C17H25NO3/c1-5-21-16-7-6-14(13(2)19)10-15(16)11-18-8-9-20-12-17(18,3)4/h6-7,10H,5,8-9,11-12H2,1-4H3. The smallest absolute Gasteiger partial charge is 0.159 e. The third-order valence-electron chi connectivity index (χ3n) is 3.94. The highest BCUT2D eigenvalue weighted by Gasteiger charge is 2.31. The van der Waals surface area contributed by atoms with Gasteiger partial charge < -0.3 is 9.47 Å². The van der Waals surface area contributed by atoms with E-state index >= 15 is 0 Å². The molecule has 1 aliphatic heterocycles. The predicted octanol–water partition coefficient (Wildman–Crippen LogP) is 2.90. The van der Waals surface area contributed by atoms with Gasteiger partial charge in [0.05, 0.1) is 19.8 Å². The van der Waals surface area contributed by atoms with E-state index in [2.05, 4.69) is 18.7 Å². The summed E-state index contributed by atoms with van der Waals surface area (Å²) in [7, 11) is 0. The lowest BCUT2D eigenvalue weighted by Gasteiger charge is -2.42. The second kappa shape index (κ2) is 6.58. The van der Waals surface area contributed by atoms with Crippen molar-refractivity contribution in [3.8, 4) is 5.75 Å². The molecule has 0 saturated carbocycles. The molecule has 2 rings (SSSR count). The van der Waals surface area contributed by atoms with Crippen molar-refractivity contribution in [2.24, 2.45) is 0 Å². The molecule has 1 fully saturated rings. The average molecular weight is 291 g/mol. The van der Waals surface area contributed by atoms with Gasteiger partial charge in [-0.05, 0) is 45.9 Å². The average Bonchev–Trinajstić information content (AvgIpc) is 2.43. The Labute approximate surface area is 127 Å². The first kappa shape index (κ1) is 16.0. The molecule has 0 atom stereocenters. The second-order valence-corrected chi connectivity index (χ2v) is 6.10. The summed E-state index contributed by atoms with van der Waals surface area (Å²) < 4.78 is 11.3. The van der Waals surface area contributed by atoms with Crippen LogP contribution in [0.25, 0.3) is 0 Å². The molecule has 0 N–H and O–H groups in total. The normalized spacial score (nSPS) is 18.5. The van der Waals surface area contributed by atoms with Crippen molar-refractivity contribution in [2.45, 2.75) is 39.8 Å². The van der Waals surface area contributed by atoms with Crippen LogP contribution < -0.4 is 4.74 Å². The molecule has 1 aromatic rings. The minimum Gasteiger partial charge on any atom is -0.494 e. The van der Waals surface area contributed by atoms with Gasteiger partial charge in [-0.1, -0.05) is 0 Å². The quantitative estimate of drug-likeness (QED) is 0.782. The summed E-state index contributed by atoms with van der Waals surface area (Å²) in [6, 6.07) is 5.70. The van der Waals surface area contributed by atoms with Crippen LogP contribution in [-0.4, -0.2) is 42.6 Å². The summed E-state index contributed by atoms with van der Waals surface area (Å²) in [5.41, 5.74) is 1.80. The van der Waals surface area contributed by atoms with Gasteiger partial charge in [0.25, 0.3) is 0 Å². The first-order chi connectivity index (χ1) is 9.94. The Kier molecular flexibility index (Phi) is 5.01. The molecular weight excluding hydrogens is 266 g/mol. The minimum atomic E-state index is -0.00599. The van der Waals surface area contributed by atoms with Crippen molar-refractivity contribution < 1.29 is 14.3 Å². The zero-order valence-corrected chi connectivity index (χ0v) is 13.4. The molecular formula is C17H25NO3. The molecule has 1 heterocycles. The molecule has 0 unspecified atom stereocenters. The van der Waals surface area contributed by atoms with Crippen LogP contribution in [-0.2, 0) is 11.3 Å². The van der Waals surface area contributed by atoms with Crippen LogP contribution in [0.1, 0.15) is 43.6 Å². The van der Waals surface area contributed by atoms with Crippen molar-refractivity contribution in [3.05, 3.63) is 29.3 Å². The number of ketones is 1. The lowest BCUT2D eigenvalue weighted by Crippen LogP contribution is -2.52. The van der Waals surface area contributed by atoms with E-state index in [1.807, 2.05) is 25.1 Å². The Morgan fingerprint density at radius 3 is 2.81 bits per heavy atom. The lowest BCUT2D eigenvalue weighted by molar-refractivity contribution is -0.0555. The van der Waals surface area contributed by atoms with Crippen LogP contribution in [0.15, 0.2) is 18.2 Å². The van der Waals surface area contributed by atoms with Gasteiger partial charge in [-0.3, -0.25) is 9.69 Å². The van der Waals surface area contributed by atoms with E-state index in [-0.39, 0.29) is 11.3 Å². The molecule has 0 aliphatic carbocycles. The number of carbonyl (C=O) groups excluding carboxylic acids is 1. The van der Waals surface area contributed by atoms with Crippen LogP contribution in [0, 0.1) is 0 Å². The molecule has 0 spiro atoms. The fraction of sp³-hybridized carbons (Fsp3) is 0.588. The molecule has 4 nitrogen and oxygen atoms in total. The summed E-state index contributed by atoms with van der Waals surface area (Å²) >= 11 is 0. The largest absolute Gasteiger partial charge is 0.494 e. The maximum Gasteiger partial charge on any atom is 0.159 e. The zero-order valence-electron chi connectivity index (χ0n) is 13.4. The van der Waals surface area contributed by atoms with Crippen LogP contribution in [0.2, 0.25) is 0 Å². The monoisotopic (exact) mass is 291 g/mol. The van der Waals surface area contributed by atoms with E-state index in [0.717, 1.165) is 43.2 Å². The van der Waals surface area contributed by atoms with E-state index in [1.54, 1.807) is 6.92 Å². The number of ether oxygens (including phenoxy) is 2. The van der Waals surface area contributed by atoms with Crippen molar-refractivity contribution in [1.82, 2.24) is 4.90 Å². The SMILES string of the molecule is CCOc1ccc(C(C)=O)cc1CN1CCOCC1(C)C. The van der Waals surface area contributed by atoms with Gasteiger partial charge in [0.2, 0.25) is 0 Å². The summed E-state index contributed by atoms with van der Waals surface area (Å²) in [6.07, 6.45) is 0. The van der Waals surface area contributed by atoms with E-state index in [1.165, 1.54) is 0 Å². The van der Waals surface area contributed by atoms with Crippen LogP contribution >= 0.6 is 0 Å². The van der Waals surface area contributed by atoms with E-state index in [4.69, 9.17) is 9.47 Å². The number of hydrogen-bond acceptors (Lipinski definition) is 4. The third kappa shape index (κ3) is 3.83. The number of nitrogens with zero attached hydrogens (tertiary/aromatic N) is 1. The molecule has 0 bridgehead atoms. The highest BCUT2D eigenvalue weighted by atomic mass is 16.5. The van der Waals surface area contributed by atoms with Crippen molar-refractivity contribution >= 4 is 5.78 Å². The number of Topliss-reactive ketones (excluding diaryl/α,β-unsaturated/α-hetero) is 1. The summed E-state index contributed by atoms with van der Waals surface area (Å²) in [5.74, 6) is 0.949. The fourth-order valence-corrected chi connectivity index (χ4v) is 2.61. The minimum absolute atomic E-state index is 0.00599. The Morgan fingerprint density at radius 2 is 2.19 bits per heavy atom. The maximum atomic E-state index is 11.6. The highest BCUT2D eigenvalue weighted by Crippen LogP contribution is 2.27. The Balaban J connectivity index is 2.27. The highest BCUT2D eigenvalue weighted by molar-refractivity contribution is 5.94. The number of carbonyl (C=O) groups is 1. The van der Waals surface area contributed by atoms with Gasteiger partial charge >= 0.3 is 0 Å². The van der Waals surface area contributed by atoms with Crippen LogP contribution in [0.3, 0.4) is 0 Å². The van der Waals surface area contributed by atoms with Crippen molar-refractivity contribution in [1.29, 1.82) is 0 Å². The van der Waals surface area contributed by atoms with E-state index in [0.29, 0.717) is 6.61 Å². The van der Waals surface area contributed by atoms with Gasteiger partial charge in [0.15, 0.2) is 5.78 Å². The molecule has 0 radical (unpaired) electrons. The molecule has 116 valence electrons. The van der Waals surface area contributed by atoms with E-state index < -0.39 is 0 Å². The summed E-state index contributed by atoms with van der Waals surface area (Å²) in [6.45, 7) is 11.7. The summed E-state index contributed by atoms with van der Waals surface area (Å²) in [4.78, 5) is 14.0. The number of hydrogen-bond donors (Lipinski definition) is 0. The van der Waals surface area contributed by atoms with Crippen molar-refractivity contribution in [2.75, 3.05) is 26.4 Å². The predicted molar refractivity (Wildman–Crippen MR) is 82.9 cm³/mol. The molecule has 1 saturated heterocycles. The first-order valence-corrected chi connectivity index (χ1v) is 7.53. The zero-order chi connectivity index (χ0) is 15.5. The second-order valence-electron chi connectivity index (χ2n) is 6.10. The van der Waals surface area contributed by atoms with Gasteiger partial charge in [0.1, 0.15) is 5.75 Å². The van der Waals surface area contributed by atoms with Gasteiger partial charge in [-0.25, -0.2) is 0 Å². The molecule has 4 heteroatoms. The Bertz CT molecular complexity index is 511.